The molecule has 0 saturated carbocycles. The summed E-state index contributed by atoms with van der Waals surface area (Å²) < 4.78 is 28.8. The van der Waals surface area contributed by atoms with Gasteiger partial charge in [0.2, 0.25) is 0 Å². The zero-order valence-corrected chi connectivity index (χ0v) is 16.9. The molecule has 0 spiro atoms. The molecule has 0 bridgehead atoms. The van der Waals surface area contributed by atoms with Crippen LogP contribution >= 0.6 is 7.82 Å². The van der Waals surface area contributed by atoms with E-state index < -0.39 is 37.3 Å². The van der Waals surface area contributed by atoms with Gasteiger partial charge in [-0.25, -0.2) is 19.5 Å². The van der Waals surface area contributed by atoms with Crippen molar-refractivity contribution in [2.75, 3.05) is 12.3 Å². The molecule has 170 valence electrons. The average molecular weight is 468 g/mol. The Morgan fingerprint density at radius 3 is 2.62 bits per heavy atom. The minimum absolute atomic E-state index is 0.0994. The highest BCUT2D eigenvalue weighted by Crippen LogP contribution is 2.44. The zero-order chi connectivity index (χ0) is 23.0. The van der Waals surface area contributed by atoms with Crippen LogP contribution in [0.5, 0.6) is 5.75 Å². The summed E-state index contributed by atoms with van der Waals surface area (Å²) in [5, 5.41) is 21.5. The first-order chi connectivity index (χ1) is 15.1. The molecule has 1 aromatic carbocycles. The Morgan fingerprint density at radius 2 is 1.97 bits per heavy atom. The topological polar surface area (TPSA) is 218 Å². The molecule has 4 atom stereocenters. The molecule has 1 saturated heterocycles. The van der Waals surface area contributed by atoms with E-state index in [1.54, 1.807) is 0 Å². The zero-order valence-electron chi connectivity index (χ0n) is 16.0. The summed E-state index contributed by atoms with van der Waals surface area (Å²) >= 11 is 0. The van der Waals surface area contributed by atoms with Crippen molar-refractivity contribution in [3.8, 4) is 5.75 Å². The predicted molar refractivity (Wildman–Crippen MR) is 105 cm³/mol. The molecule has 1 fully saturated rings. The summed E-state index contributed by atoms with van der Waals surface area (Å²) in [7, 11) is -5.00. The number of phosphoric ester groups is 1. The number of imidazole rings is 1. The largest absolute Gasteiger partial charge is 0.491 e. The fourth-order valence-corrected chi connectivity index (χ4v) is 3.85. The van der Waals surface area contributed by atoms with Crippen LogP contribution in [0.4, 0.5) is 11.5 Å². The maximum atomic E-state index is 11.4. The van der Waals surface area contributed by atoms with Gasteiger partial charge in [0.1, 0.15) is 42.5 Å². The third-order valence-corrected chi connectivity index (χ3v) is 5.21. The van der Waals surface area contributed by atoms with Crippen LogP contribution in [0.1, 0.15) is 6.23 Å². The van der Waals surface area contributed by atoms with Gasteiger partial charge in [-0.1, -0.05) is 0 Å². The van der Waals surface area contributed by atoms with E-state index in [0.717, 1.165) is 0 Å². The number of nitrogens with zero attached hydrogens (tertiary/aromatic N) is 5. The number of phosphoric acid groups is 1. The van der Waals surface area contributed by atoms with Crippen LogP contribution in [0.2, 0.25) is 0 Å². The van der Waals surface area contributed by atoms with E-state index in [1.807, 2.05) is 0 Å². The van der Waals surface area contributed by atoms with E-state index in [9.17, 15) is 29.6 Å². The Morgan fingerprint density at radius 1 is 1.25 bits per heavy atom. The van der Waals surface area contributed by atoms with Crippen LogP contribution in [0.25, 0.3) is 11.2 Å². The second kappa shape index (κ2) is 8.38. The molecular weight excluding hydrogens is 451 g/mol. The highest BCUT2D eigenvalue weighted by Gasteiger charge is 2.49. The normalized spacial score (nSPS) is 23.5. The summed E-state index contributed by atoms with van der Waals surface area (Å²) in [5.41, 5.74) is 6.11. The third-order valence-electron chi connectivity index (χ3n) is 4.69. The molecule has 0 aliphatic carbocycles. The van der Waals surface area contributed by atoms with Crippen molar-refractivity contribution < 1.29 is 38.4 Å². The van der Waals surface area contributed by atoms with Crippen LogP contribution in [0.15, 0.2) is 36.9 Å². The predicted octanol–water partition coefficient (Wildman–Crippen LogP) is 0.132. The first-order valence-corrected chi connectivity index (χ1v) is 10.5. The number of benzene rings is 1. The molecule has 32 heavy (non-hydrogen) atoms. The number of aromatic nitrogens is 4. The Labute approximate surface area is 178 Å². The number of nitro benzene ring substituents is 1. The maximum Gasteiger partial charge on any atom is 0.470 e. The maximum absolute atomic E-state index is 11.4. The number of ether oxygens (including phenoxy) is 2. The quantitative estimate of drug-likeness (QED) is 0.206. The highest BCUT2D eigenvalue weighted by atomic mass is 31.2. The number of hydrogen-bond donors (Lipinski definition) is 4. The second-order valence-corrected chi connectivity index (χ2v) is 7.95. The summed E-state index contributed by atoms with van der Waals surface area (Å²) in [4.78, 5) is 40.7. The minimum atomic E-state index is -5.00. The van der Waals surface area contributed by atoms with Gasteiger partial charge in [0, 0.05) is 12.1 Å². The van der Waals surface area contributed by atoms with Gasteiger partial charge in [-0.05, 0) is 12.1 Å². The number of nitrogen functional groups attached to an aromatic ring is 1. The van der Waals surface area contributed by atoms with Gasteiger partial charge in [0.15, 0.2) is 17.7 Å². The molecule has 3 heterocycles. The number of aliphatic hydroxyl groups is 1. The fourth-order valence-electron chi connectivity index (χ4n) is 3.27. The number of nitrogens with two attached hydrogens (primary N) is 1. The lowest BCUT2D eigenvalue weighted by molar-refractivity contribution is -0.384. The number of hydrogen-bond acceptors (Lipinski definition) is 11. The van der Waals surface area contributed by atoms with Gasteiger partial charge in [0.25, 0.3) is 5.69 Å². The number of nitro groups is 1. The molecule has 4 rings (SSSR count). The average Bonchev–Trinajstić information content (AvgIpc) is 3.28. The lowest BCUT2D eigenvalue weighted by Gasteiger charge is -2.21. The molecular formula is C16H17N6O9P. The van der Waals surface area contributed by atoms with E-state index in [1.165, 1.54) is 41.5 Å². The van der Waals surface area contributed by atoms with Gasteiger partial charge < -0.3 is 30.1 Å². The van der Waals surface area contributed by atoms with Gasteiger partial charge in [-0.15, -0.1) is 0 Å². The van der Waals surface area contributed by atoms with Gasteiger partial charge in [0.05, 0.1) is 11.3 Å². The van der Waals surface area contributed by atoms with Crippen LogP contribution in [-0.4, -0.2) is 64.3 Å². The van der Waals surface area contributed by atoms with Crippen molar-refractivity contribution >= 4 is 30.5 Å². The molecule has 0 radical (unpaired) electrons. The van der Waals surface area contributed by atoms with Crippen LogP contribution in [0, 0.1) is 10.1 Å². The van der Waals surface area contributed by atoms with Gasteiger partial charge >= 0.3 is 7.82 Å². The van der Waals surface area contributed by atoms with E-state index in [4.69, 9.17) is 19.7 Å². The fraction of sp³-hybridized carbons (Fsp3) is 0.312. The van der Waals surface area contributed by atoms with Crippen LogP contribution in [-0.2, 0) is 13.8 Å². The van der Waals surface area contributed by atoms with Crippen molar-refractivity contribution in [1.29, 1.82) is 0 Å². The second-order valence-electron chi connectivity index (χ2n) is 6.76. The molecule has 1 aliphatic rings. The number of fused-ring (bicyclic) bond motifs is 1. The monoisotopic (exact) mass is 468 g/mol. The first kappa shape index (κ1) is 22.0. The molecule has 16 heteroatoms. The van der Waals surface area contributed by atoms with Crippen molar-refractivity contribution in [3.63, 3.8) is 0 Å². The first-order valence-electron chi connectivity index (χ1n) is 9.02. The molecule has 15 nitrogen and oxygen atoms in total. The molecule has 0 unspecified atom stereocenters. The standard InChI is InChI=1S/C16H17N6O9P/c17-14-11-15(19-6-18-14)21(7-20-11)16-12(23)13(31-32(26,27)28)10(30-16)5-29-9-3-1-8(2-4-9)22(24)25/h1-4,6-7,10,12-13,16,23H,5H2,(H2,17,18,19)(H2,26,27,28)/t10-,12-,13-,16-/m1/s1. The SMILES string of the molecule is Nc1ncnc2c1ncn2[C@@H]1O[C@H](COc2ccc([N+](=O)[O-])cc2)[C@@H](OP(=O)(O)O)[C@H]1O. The lowest BCUT2D eigenvalue weighted by atomic mass is 10.1. The Balaban J connectivity index is 1.57. The van der Waals surface area contributed by atoms with E-state index in [-0.39, 0.29) is 35.0 Å². The summed E-state index contributed by atoms with van der Waals surface area (Å²) in [6.07, 6.45) is -2.85. The summed E-state index contributed by atoms with van der Waals surface area (Å²) in [5.74, 6) is 0.336. The smallest absolute Gasteiger partial charge is 0.470 e. The Bertz CT molecular complexity index is 1180. The van der Waals surface area contributed by atoms with Crippen molar-refractivity contribution in [3.05, 3.63) is 47.0 Å². The Hall–Kier alpha value is -3.20. The van der Waals surface area contributed by atoms with Crippen LogP contribution < -0.4 is 10.5 Å². The van der Waals surface area contributed by atoms with Crippen molar-refractivity contribution in [2.24, 2.45) is 0 Å². The van der Waals surface area contributed by atoms with Crippen molar-refractivity contribution in [2.45, 2.75) is 24.5 Å². The van der Waals surface area contributed by atoms with Gasteiger partial charge in [-0.3, -0.25) is 19.2 Å². The molecule has 3 aromatic rings. The molecule has 5 N–H and O–H groups in total. The highest BCUT2D eigenvalue weighted by molar-refractivity contribution is 7.46. The summed E-state index contributed by atoms with van der Waals surface area (Å²) in [6.45, 7) is -0.292. The lowest BCUT2D eigenvalue weighted by Crippen LogP contribution is -2.36. The van der Waals surface area contributed by atoms with Crippen LogP contribution in [0.3, 0.4) is 0 Å². The van der Waals surface area contributed by atoms with Crippen molar-refractivity contribution in [1.82, 2.24) is 19.5 Å². The minimum Gasteiger partial charge on any atom is -0.491 e. The van der Waals surface area contributed by atoms with E-state index >= 15 is 0 Å². The molecule has 0 amide bonds. The molecule has 1 aliphatic heterocycles. The molecule has 2 aromatic heterocycles. The Kier molecular flexibility index (Phi) is 5.77. The van der Waals surface area contributed by atoms with Gasteiger partial charge in [-0.2, -0.15) is 0 Å². The third kappa shape index (κ3) is 4.38. The summed E-state index contributed by atoms with van der Waals surface area (Å²) in [6, 6.07) is 5.16. The number of rotatable bonds is 7. The van der Waals surface area contributed by atoms with E-state index in [0.29, 0.717) is 0 Å². The number of aliphatic hydroxyl groups excluding tert-OH is 1. The number of non-ortho nitro benzene ring substituents is 1. The number of anilines is 1. The van der Waals surface area contributed by atoms with E-state index in [2.05, 4.69) is 15.0 Å².